The fraction of sp³-hybridized carbons (Fsp3) is 0.409. The van der Waals surface area contributed by atoms with Crippen molar-refractivity contribution in [1.29, 1.82) is 0 Å². The highest BCUT2D eigenvalue weighted by Crippen LogP contribution is 2.27. The van der Waals surface area contributed by atoms with Gasteiger partial charge in [0, 0.05) is 18.3 Å². The van der Waals surface area contributed by atoms with Crippen LogP contribution in [0.5, 0.6) is 0 Å². The second-order valence-electron chi connectivity index (χ2n) is 7.54. The van der Waals surface area contributed by atoms with Crippen molar-refractivity contribution in [2.24, 2.45) is 5.92 Å². The van der Waals surface area contributed by atoms with E-state index in [2.05, 4.69) is 76.0 Å². The molecule has 3 aromatic rings. The van der Waals surface area contributed by atoms with E-state index in [1.165, 1.54) is 41.9 Å². The molecule has 0 bridgehead atoms. The maximum atomic E-state index is 4.90. The molecule has 3 heterocycles. The van der Waals surface area contributed by atoms with Gasteiger partial charge in [0.05, 0.1) is 11.4 Å². The Hall–Kier alpha value is -1.95. The molecule has 4 rings (SSSR count). The normalized spacial score (nSPS) is 16.0. The Labute approximate surface area is 165 Å². The highest BCUT2D eigenvalue weighted by Gasteiger charge is 2.17. The van der Waals surface area contributed by atoms with Crippen LogP contribution in [0.15, 0.2) is 54.0 Å². The lowest BCUT2D eigenvalue weighted by Gasteiger charge is -2.29. The zero-order valence-corrected chi connectivity index (χ0v) is 16.8. The van der Waals surface area contributed by atoms with Gasteiger partial charge in [-0.05, 0) is 62.5 Å². The van der Waals surface area contributed by atoms with E-state index >= 15 is 0 Å². The van der Waals surface area contributed by atoms with Crippen LogP contribution in [0.2, 0.25) is 0 Å². The largest absolute Gasteiger partial charge is 0.312 e. The molecule has 0 amide bonds. The smallest absolute Gasteiger partial charge is 0.107 e. The van der Waals surface area contributed by atoms with Crippen molar-refractivity contribution in [3.05, 3.63) is 65.2 Å². The Kier molecular flexibility index (Phi) is 6.02. The van der Waals surface area contributed by atoms with E-state index in [0.29, 0.717) is 0 Å². The molecule has 4 nitrogen and oxygen atoms in total. The Balaban J connectivity index is 1.43. The van der Waals surface area contributed by atoms with Crippen LogP contribution < -0.4 is 5.32 Å². The van der Waals surface area contributed by atoms with Gasteiger partial charge in [0.15, 0.2) is 0 Å². The number of aromatic nitrogens is 2. The molecular formula is C22H28N4S. The summed E-state index contributed by atoms with van der Waals surface area (Å²) in [6, 6.07) is 14.8. The predicted molar refractivity (Wildman–Crippen MR) is 113 cm³/mol. The van der Waals surface area contributed by atoms with E-state index in [-0.39, 0.29) is 0 Å². The molecule has 0 unspecified atom stereocenters. The molecule has 1 aliphatic rings. The van der Waals surface area contributed by atoms with E-state index in [1.54, 1.807) is 11.3 Å². The van der Waals surface area contributed by atoms with Crippen LogP contribution in [0.4, 0.5) is 0 Å². The summed E-state index contributed by atoms with van der Waals surface area (Å²) < 4.78 is 2.08. The highest BCUT2D eigenvalue weighted by molar-refractivity contribution is 7.13. The van der Waals surface area contributed by atoms with Crippen molar-refractivity contribution in [3.8, 4) is 10.6 Å². The molecular weight excluding hydrogens is 352 g/mol. The molecule has 0 spiro atoms. The number of rotatable bonds is 7. The summed E-state index contributed by atoms with van der Waals surface area (Å²) in [7, 11) is 2.22. The SMILES string of the molecule is CN1CCC(CNCc2cn(Cc3ccccc3)nc2-c2cccs2)CC1. The number of nitrogens with zero attached hydrogens (tertiary/aromatic N) is 3. The Morgan fingerprint density at radius 3 is 2.67 bits per heavy atom. The second kappa shape index (κ2) is 8.83. The Bertz CT molecular complexity index is 817. The third kappa shape index (κ3) is 4.86. The zero-order chi connectivity index (χ0) is 18.5. The van der Waals surface area contributed by atoms with E-state index in [0.717, 1.165) is 31.2 Å². The highest BCUT2D eigenvalue weighted by atomic mass is 32.1. The fourth-order valence-electron chi connectivity index (χ4n) is 3.74. The standard InChI is InChI=1S/C22H28N4S/c1-25-11-9-18(10-12-25)14-23-15-20-17-26(16-19-6-3-2-4-7-19)24-22(20)21-8-5-13-27-21/h2-8,13,17-18,23H,9-12,14-16H2,1H3. The zero-order valence-electron chi connectivity index (χ0n) is 16.0. The average molecular weight is 381 g/mol. The minimum atomic E-state index is 0.797. The number of thiophene rings is 1. The third-order valence-corrected chi connectivity index (χ3v) is 6.24. The summed E-state index contributed by atoms with van der Waals surface area (Å²) in [6.07, 6.45) is 4.81. The summed E-state index contributed by atoms with van der Waals surface area (Å²) in [5.41, 5.74) is 3.70. The number of piperidine rings is 1. The fourth-order valence-corrected chi connectivity index (χ4v) is 4.49. The molecule has 2 aromatic heterocycles. The second-order valence-corrected chi connectivity index (χ2v) is 8.49. The Morgan fingerprint density at radius 1 is 1.11 bits per heavy atom. The third-order valence-electron chi connectivity index (χ3n) is 5.37. The summed E-state index contributed by atoms with van der Waals surface area (Å²) in [5, 5.41) is 10.7. The molecule has 5 heteroatoms. The van der Waals surface area contributed by atoms with Gasteiger partial charge < -0.3 is 10.2 Å². The molecule has 1 aromatic carbocycles. The van der Waals surface area contributed by atoms with E-state index < -0.39 is 0 Å². The van der Waals surface area contributed by atoms with E-state index in [4.69, 9.17) is 5.10 Å². The number of benzene rings is 1. The van der Waals surface area contributed by atoms with E-state index in [1.807, 2.05) is 0 Å². The molecule has 27 heavy (non-hydrogen) atoms. The van der Waals surface area contributed by atoms with Gasteiger partial charge in [-0.2, -0.15) is 5.10 Å². The summed E-state index contributed by atoms with van der Waals surface area (Å²) >= 11 is 1.76. The van der Waals surface area contributed by atoms with Gasteiger partial charge in [-0.1, -0.05) is 36.4 Å². The molecule has 0 aliphatic carbocycles. The Morgan fingerprint density at radius 2 is 1.93 bits per heavy atom. The van der Waals surface area contributed by atoms with Crippen LogP contribution in [-0.2, 0) is 13.1 Å². The van der Waals surface area contributed by atoms with Crippen molar-refractivity contribution in [2.45, 2.75) is 25.9 Å². The van der Waals surface area contributed by atoms with Crippen molar-refractivity contribution in [2.75, 3.05) is 26.7 Å². The summed E-state index contributed by atoms with van der Waals surface area (Å²) in [5.74, 6) is 0.797. The van der Waals surface area contributed by atoms with Gasteiger partial charge in [-0.15, -0.1) is 11.3 Å². The van der Waals surface area contributed by atoms with Gasteiger partial charge in [0.2, 0.25) is 0 Å². The van der Waals surface area contributed by atoms with E-state index in [9.17, 15) is 0 Å². The average Bonchev–Trinajstić information content (AvgIpc) is 3.34. The van der Waals surface area contributed by atoms with Crippen molar-refractivity contribution >= 4 is 11.3 Å². The maximum Gasteiger partial charge on any atom is 0.107 e. The first-order valence-electron chi connectivity index (χ1n) is 9.81. The first kappa shape index (κ1) is 18.4. The van der Waals surface area contributed by atoms with Crippen molar-refractivity contribution in [1.82, 2.24) is 20.0 Å². The summed E-state index contributed by atoms with van der Waals surface area (Å²) in [6.45, 7) is 5.24. The first-order valence-corrected chi connectivity index (χ1v) is 10.7. The number of nitrogens with one attached hydrogen (secondary N) is 1. The number of hydrogen-bond acceptors (Lipinski definition) is 4. The monoisotopic (exact) mass is 380 g/mol. The number of hydrogen-bond donors (Lipinski definition) is 1. The van der Waals surface area contributed by atoms with Crippen LogP contribution in [0, 0.1) is 5.92 Å². The minimum Gasteiger partial charge on any atom is -0.312 e. The van der Waals surface area contributed by atoms with Crippen LogP contribution in [0.1, 0.15) is 24.0 Å². The molecule has 0 saturated carbocycles. The number of likely N-dealkylation sites (tertiary alicyclic amines) is 1. The lowest BCUT2D eigenvalue weighted by Crippen LogP contribution is -2.34. The molecule has 142 valence electrons. The maximum absolute atomic E-state index is 4.90. The molecule has 1 fully saturated rings. The molecule has 0 radical (unpaired) electrons. The van der Waals surface area contributed by atoms with Crippen molar-refractivity contribution < 1.29 is 0 Å². The van der Waals surface area contributed by atoms with Gasteiger partial charge >= 0.3 is 0 Å². The quantitative estimate of drug-likeness (QED) is 0.670. The van der Waals surface area contributed by atoms with Gasteiger partial charge in [-0.25, -0.2) is 0 Å². The van der Waals surface area contributed by atoms with Gasteiger partial charge in [0.25, 0.3) is 0 Å². The van der Waals surface area contributed by atoms with Gasteiger partial charge in [-0.3, -0.25) is 4.68 Å². The van der Waals surface area contributed by atoms with Crippen LogP contribution >= 0.6 is 11.3 Å². The summed E-state index contributed by atoms with van der Waals surface area (Å²) in [4.78, 5) is 3.68. The predicted octanol–water partition coefficient (Wildman–Crippen LogP) is 4.09. The molecule has 1 N–H and O–H groups in total. The lowest BCUT2D eigenvalue weighted by atomic mass is 9.97. The van der Waals surface area contributed by atoms with Crippen LogP contribution in [0.25, 0.3) is 10.6 Å². The minimum absolute atomic E-state index is 0.797. The molecule has 0 atom stereocenters. The van der Waals surface area contributed by atoms with Gasteiger partial charge in [0.1, 0.15) is 5.69 Å². The van der Waals surface area contributed by atoms with Crippen LogP contribution in [-0.4, -0.2) is 41.4 Å². The first-order chi connectivity index (χ1) is 13.3. The lowest BCUT2D eigenvalue weighted by molar-refractivity contribution is 0.216. The topological polar surface area (TPSA) is 33.1 Å². The molecule has 1 aliphatic heterocycles. The van der Waals surface area contributed by atoms with Crippen LogP contribution in [0.3, 0.4) is 0 Å². The molecule has 1 saturated heterocycles. The van der Waals surface area contributed by atoms with Crippen molar-refractivity contribution in [3.63, 3.8) is 0 Å².